The summed E-state index contributed by atoms with van der Waals surface area (Å²) in [5.74, 6) is 0. The Kier molecular flexibility index (Phi) is 6.18. The van der Waals surface area contributed by atoms with Gasteiger partial charge in [0.2, 0.25) is 0 Å². The Balaban J connectivity index is 2.13. The standard InChI is InChI=1S/C22H24O2Si/c23-18-10-11-19-24-25(20-12-4-1-5-13-20,21-14-6-2-7-15-21)22-16-8-3-9-17-22/h1-9,12-17,23H,10-11,18-19H2. The Morgan fingerprint density at radius 1 is 0.600 bits per heavy atom. The van der Waals surface area contributed by atoms with E-state index in [1.165, 1.54) is 15.6 Å². The molecule has 0 aliphatic rings. The number of hydrogen-bond acceptors (Lipinski definition) is 2. The molecule has 0 spiro atoms. The fourth-order valence-corrected chi connectivity index (χ4v) is 7.14. The summed E-state index contributed by atoms with van der Waals surface area (Å²) >= 11 is 0. The van der Waals surface area contributed by atoms with Crippen molar-refractivity contribution in [2.24, 2.45) is 0 Å². The van der Waals surface area contributed by atoms with Gasteiger partial charge in [-0.05, 0) is 28.4 Å². The van der Waals surface area contributed by atoms with Crippen LogP contribution in [0.5, 0.6) is 0 Å². The quantitative estimate of drug-likeness (QED) is 0.385. The molecule has 0 saturated heterocycles. The topological polar surface area (TPSA) is 29.5 Å². The maximum Gasteiger partial charge on any atom is 0.288 e. The predicted octanol–water partition coefficient (Wildman–Crippen LogP) is 2.44. The van der Waals surface area contributed by atoms with Crippen LogP contribution in [-0.4, -0.2) is 26.6 Å². The molecule has 0 unspecified atom stereocenters. The van der Waals surface area contributed by atoms with E-state index in [9.17, 15) is 0 Å². The van der Waals surface area contributed by atoms with E-state index < -0.39 is 8.32 Å². The van der Waals surface area contributed by atoms with E-state index in [0.29, 0.717) is 6.61 Å². The van der Waals surface area contributed by atoms with Crippen LogP contribution >= 0.6 is 0 Å². The first kappa shape index (κ1) is 17.6. The fourth-order valence-electron chi connectivity index (χ4n) is 3.21. The van der Waals surface area contributed by atoms with Gasteiger partial charge in [-0.3, -0.25) is 0 Å². The van der Waals surface area contributed by atoms with Crippen LogP contribution in [-0.2, 0) is 4.43 Å². The summed E-state index contributed by atoms with van der Waals surface area (Å²) in [4.78, 5) is 0. The molecule has 3 heteroatoms. The van der Waals surface area contributed by atoms with Gasteiger partial charge in [-0.15, -0.1) is 0 Å². The number of unbranched alkanes of at least 4 members (excludes halogenated alkanes) is 1. The molecule has 0 aromatic heterocycles. The fraction of sp³-hybridized carbons (Fsp3) is 0.182. The molecule has 0 heterocycles. The third kappa shape index (κ3) is 3.90. The Morgan fingerprint density at radius 2 is 1.00 bits per heavy atom. The van der Waals surface area contributed by atoms with Crippen molar-refractivity contribution >= 4 is 23.9 Å². The lowest BCUT2D eigenvalue weighted by atomic mass is 10.3. The summed E-state index contributed by atoms with van der Waals surface area (Å²) in [6, 6.07) is 31.7. The van der Waals surface area contributed by atoms with E-state index in [1.54, 1.807) is 0 Å². The lowest BCUT2D eigenvalue weighted by Crippen LogP contribution is -2.69. The van der Waals surface area contributed by atoms with Crippen molar-refractivity contribution in [1.82, 2.24) is 0 Å². The molecule has 0 saturated carbocycles. The lowest BCUT2D eigenvalue weighted by Gasteiger charge is -2.33. The van der Waals surface area contributed by atoms with Gasteiger partial charge >= 0.3 is 0 Å². The molecule has 3 aromatic carbocycles. The summed E-state index contributed by atoms with van der Waals surface area (Å²) in [5, 5.41) is 12.8. The van der Waals surface area contributed by atoms with Gasteiger partial charge in [0, 0.05) is 13.2 Å². The second-order valence-electron chi connectivity index (χ2n) is 6.06. The number of aliphatic hydroxyl groups is 1. The van der Waals surface area contributed by atoms with E-state index in [-0.39, 0.29) is 6.61 Å². The number of benzene rings is 3. The molecule has 3 rings (SSSR count). The minimum absolute atomic E-state index is 0.208. The van der Waals surface area contributed by atoms with E-state index >= 15 is 0 Å². The lowest BCUT2D eigenvalue weighted by molar-refractivity contribution is 0.254. The van der Waals surface area contributed by atoms with Crippen LogP contribution in [0.4, 0.5) is 0 Å². The molecule has 1 N–H and O–H groups in total. The van der Waals surface area contributed by atoms with Crippen LogP contribution in [0.3, 0.4) is 0 Å². The summed E-state index contributed by atoms with van der Waals surface area (Å²) in [5.41, 5.74) is 0. The number of hydrogen-bond donors (Lipinski definition) is 1. The van der Waals surface area contributed by atoms with E-state index in [0.717, 1.165) is 12.8 Å². The largest absolute Gasteiger partial charge is 0.404 e. The van der Waals surface area contributed by atoms with E-state index in [1.807, 2.05) is 18.2 Å². The smallest absolute Gasteiger partial charge is 0.288 e. The van der Waals surface area contributed by atoms with Crippen molar-refractivity contribution in [3.05, 3.63) is 91.0 Å². The molecule has 0 fully saturated rings. The monoisotopic (exact) mass is 348 g/mol. The first-order chi connectivity index (χ1) is 12.4. The van der Waals surface area contributed by atoms with E-state index in [4.69, 9.17) is 9.53 Å². The minimum Gasteiger partial charge on any atom is -0.404 e. The average molecular weight is 349 g/mol. The zero-order valence-electron chi connectivity index (χ0n) is 14.3. The molecule has 0 radical (unpaired) electrons. The maximum absolute atomic E-state index is 9.10. The van der Waals surface area contributed by atoms with Crippen molar-refractivity contribution in [2.75, 3.05) is 13.2 Å². The molecule has 128 valence electrons. The Morgan fingerprint density at radius 3 is 1.36 bits per heavy atom. The van der Waals surface area contributed by atoms with Crippen LogP contribution in [0, 0.1) is 0 Å². The summed E-state index contributed by atoms with van der Waals surface area (Å²) in [7, 11) is -2.56. The van der Waals surface area contributed by atoms with Crippen molar-refractivity contribution in [3.8, 4) is 0 Å². The molecule has 25 heavy (non-hydrogen) atoms. The number of rotatable bonds is 8. The summed E-state index contributed by atoms with van der Waals surface area (Å²) in [6.45, 7) is 0.853. The van der Waals surface area contributed by atoms with Gasteiger partial charge in [0.25, 0.3) is 8.32 Å². The Bertz CT molecular complexity index is 648. The zero-order valence-corrected chi connectivity index (χ0v) is 15.3. The van der Waals surface area contributed by atoms with Crippen LogP contribution < -0.4 is 15.6 Å². The SMILES string of the molecule is OCCCCO[Si](c1ccccc1)(c1ccccc1)c1ccccc1. The molecule has 2 nitrogen and oxygen atoms in total. The van der Waals surface area contributed by atoms with Gasteiger partial charge in [0.1, 0.15) is 0 Å². The minimum atomic E-state index is -2.56. The van der Waals surface area contributed by atoms with Crippen molar-refractivity contribution in [1.29, 1.82) is 0 Å². The summed E-state index contributed by atoms with van der Waals surface area (Å²) < 4.78 is 6.72. The first-order valence-corrected chi connectivity index (χ1v) is 10.7. The van der Waals surface area contributed by atoms with Gasteiger partial charge in [-0.25, -0.2) is 0 Å². The van der Waals surface area contributed by atoms with Crippen molar-refractivity contribution < 1.29 is 9.53 Å². The molecule has 0 aliphatic heterocycles. The molecule has 0 amide bonds. The van der Waals surface area contributed by atoms with Crippen LogP contribution in [0.2, 0.25) is 0 Å². The van der Waals surface area contributed by atoms with Gasteiger partial charge < -0.3 is 9.53 Å². The molecule has 0 aliphatic carbocycles. The van der Waals surface area contributed by atoms with E-state index in [2.05, 4.69) is 72.8 Å². The second-order valence-corrected chi connectivity index (χ2v) is 9.44. The third-order valence-corrected chi connectivity index (χ3v) is 8.49. The van der Waals surface area contributed by atoms with Crippen LogP contribution in [0.1, 0.15) is 12.8 Å². The van der Waals surface area contributed by atoms with Gasteiger partial charge in [-0.2, -0.15) is 0 Å². The van der Waals surface area contributed by atoms with Crippen LogP contribution in [0.15, 0.2) is 91.0 Å². The Labute approximate surface area is 150 Å². The highest BCUT2D eigenvalue weighted by Gasteiger charge is 2.41. The highest BCUT2D eigenvalue weighted by molar-refractivity contribution is 7.07. The maximum atomic E-state index is 9.10. The molecular weight excluding hydrogens is 324 g/mol. The van der Waals surface area contributed by atoms with Crippen LogP contribution in [0.25, 0.3) is 0 Å². The van der Waals surface area contributed by atoms with Gasteiger partial charge in [-0.1, -0.05) is 91.0 Å². The molecular formula is C22H24O2Si. The molecule has 0 atom stereocenters. The first-order valence-electron chi connectivity index (χ1n) is 8.79. The highest BCUT2D eigenvalue weighted by Crippen LogP contribution is 2.10. The van der Waals surface area contributed by atoms with Gasteiger partial charge in [0.05, 0.1) is 0 Å². The normalized spacial score (nSPS) is 11.4. The van der Waals surface area contributed by atoms with Crippen molar-refractivity contribution in [3.63, 3.8) is 0 Å². The number of aliphatic hydroxyl groups excluding tert-OH is 1. The van der Waals surface area contributed by atoms with Gasteiger partial charge in [0.15, 0.2) is 0 Å². The zero-order chi connectivity index (χ0) is 17.4. The average Bonchev–Trinajstić information content (AvgIpc) is 2.70. The second kappa shape index (κ2) is 8.76. The van der Waals surface area contributed by atoms with Crippen molar-refractivity contribution in [2.45, 2.75) is 12.8 Å². The Hall–Kier alpha value is -2.20. The molecule has 3 aromatic rings. The third-order valence-electron chi connectivity index (χ3n) is 4.41. The summed E-state index contributed by atoms with van der Waals surface area (Å²) in [6.07, 6.45) is 1.63. The molecule has 0 bridgehead atoms. The predicted molar refractivity (Wildman–Crippen MR) is 106 cm³/mol. The highest BCUT2D eigenvalue weighted by atomic mass is 28.4.